The standard InChI is InChI=1S/C23H39N3O6S/c1-15(2)26-11-6-7-19(26)23(31)25-18(10-12-33-5)20(28)13-16(3)22(30)24-14-17(27)8-9-21(29)32-4/h15-16,18-19H,6-14H2,1-5H3,(H,24,30)(H,25,31)/t16-,18+,19+/m1/s1. The highest BCUT2D eigenvalue weighted by Crippen LogP contribution is 2.20. The average molecular weight is 486 g/mol. The first kappa shape index (κ1) is 29.1. The molecular weight excluding hydrogens is 446 g/mol. The Labute approximate surface area is 201 Å². The van der Waals surface area contributed by atoms with Crippen molar-refractivity contribution in [2.45, 2.75) is 77.4 Å². The third-order valence-corrected chi connectivity index (χ3v) is 6.47. The van der Waals surface area contributed by atoms with Gasteiger partial charge in [-0.25, -0.2) is 0 Å². The molecule has 0 aromatic heterocycles. The summed E-state index contributed by atoms with van der Waals surface area (Å²) >= 11 is 1.59. The van der Waals surface area contributed by atoms with E-state index in [1.54, 1.807) is 18.7 Å². The molecule has 33 heavy (non-hydrogen) atoms. The fourth-order valence-electron chi connectivity index (χ4n) is 3.83. The van der Waals surface area contributed by atoms with Crippen molar-refractivity contribution in [3.05, 3.63) is 0 Å². The molecule has 1 fully saturated rings. The van der Waals surface area contributed by atoms with Crippen LogP contribution in [0.4, 0.5) is 0 Å². The number of amides is 2. The van der Waals surface area contributed by atoms with Gasteiger partial charge in [0.25, 0.3) is 0 Å². The quantitative estimate of drug-likeness (QED) is 0.333. The van der Waals surface area contributed by atoms with Crippen LogP contribution in [0.2, 0.25) is 0 Å². The first-order valence-electron chi connectivity index (χ1n) is 11.5. The molecule has 0 radical (unpaired) electrons. The smallest absolute Gasteiger partial charge is 0.305 e. The van der Waals surface area contributed by atoms with Crippen LogP contribution in [-0.2, 0) is 28.7 Å². The SMILES string of the molecule is COC(=O)CCC(=O)CNC(=O)[C@H](C)CC(=O)[C@H](CCSC)NC(=O)[C@@H]1CCCN1C(C)C. The van der Waals surface area contributed by atoms with Gasteiger partial charge in [-0.3, -0.25) is 28.9 Å². The van der Waals surface area contributed by atoms with Gasteiger partial charge in [0.05, 0.1) is 32.2 Å². The average Bonchev–Trinajstić information content (AvgIpc) is 3.28. The topological polar surface area (TPSA) is 122 Å². The minimum absolute atomic E-state index is 0.0163. The molecule has 1 aliphatic rings. The lowest BCUT2D eigenvalue weighted by atomic mass is 9.97. The number of nitrogens with zero attached hydrogens (tertiary/aromatic N) is 1. The molecule has 0 spiro atoms. The number of hydrogen-bond donors (Lipinski definition) is 2. The number of carbonyl (C=O) groups excluding carboxylic acids is 5. The lowest BCUT2D eigenvalue weighted by molar-refractivity contribution is -0.141. The number of thioether (sulfide) groups is 1. The first-order chi connectivity index (χ1) is 15.6. The molecule has 9 nitrogen and oxygen atoms in total. The van der Waals surface area contributed by atoms with E-state index in [0.29, 0.717) is 12.2 Å². The van der Waals surface area contributed by atoms with Crippen LogP contribution < -0.4 is 10.6 Å². The number of rotatable bonds is 15. The fraction of sp³-hybridized carbons (Fsp3) is 0.783. The summed E-state index contributed by atoms with van der Waals surface area (Å²) in [5.74, 6) is -1.43. The monoisotopic (exact) mass is 485 g/mol. The molecule has 2 amide bonds. The molecule has 2 N–H and O–H groups in total. The summed E-state index contributed by atoms with van der Waals surface area (Å²) in [6, 6.07) is -0.620. The van der Waals surface area contributed by atoms with Gasteiger partial charge in [0.2, 0.25) is 11.8 Å². The number of likely N-dealkylation sites (tertiary alicyclic amines) is 1. The predicted molar refractivity (Wildman–Crippen MR) is 128 cm³/mol. The molecule has 0 saturated carbocycles. The van der Waals surface area contributed by atoms with Crippen LogP contribution in [0.25, 0.3) is 0 Å². The van der Waals surface area contributed by atoms with E-state index < -0.39 is 23.8 Å². The second kappa shape index (κ2) is 15.1. The Balaban J connectivity index is 2.60. The van der Waals surface area contributed by atoms with E-state index in [9.17, 15) is 24.0 Å². The van der Waals surface area contributed by atoms with Crippen LogP contribution in [0.5, 0.6) is 0 Å². The summed E-state index contributed by atoms with van der Waals surface area (Å²) in [7, 11) is 1.25. The fourth-order valence-corrected chi connectivity index (χ4v) is 4.31. The number of nitrogens with one attached hydrogen (secondary N) is 2. The van der Waals surface area contributed by atoms with E-state index in [1.807, 2.05) is 6.26 Å². The summed E-state index contributed by atoms with van der Waals surface area (Å²) in [5, 5.41) is 5.46. The predicted octanol–water partition coefficient (Wildman–Crippen LogP) is 1.33. The van der Waals surface area contributed by atoms with Crippen molar-refractivity contribution in [1.29, 1.82) is 0 Å². The van der Waals surface area contributed by atoms with Gasteiger partial charge >= 0.3 is 5.97 Å². The highest BCUT2D eigenvalue weighted by Gasteiger charge is 2.34. The van der Waals surface area contributed by atoms with Crippen LogP contribution in [0.15, 0.2) is 0 Å². The van der Waals surface area contributed by atoms with E-state index in [-0.39, 0.29) is 55.4 Å². The lowest BCUT2D eigenvalue weighted by Crippen LogP contribution is -2.51. The largest absolute Gasteiger partial charge is 0.469 e. The normalized spacial score (nSPS) is 17.9. The van der Waals surface area contributed by atoms with Crippen molar-refractivity contribution < 1.29 is 28.7 Å². The van der Waals surface area contributed by atoms with Gasteiger partial charge in [0.15, 0.2) is 11.6 Å². The summed E-state index contributed by atoms with van der Waals surface area (Å²) in [6.45, 7) is 6.41. The number of methoxy groups -OCH3 is 1. The van der Waals surface area contributed by atoms with Crippen molar-refractivity contribution in [2.24, 2.45) is 5.92 Å². The lowest BCUT2D eigenvalue weighted by Gasteiger charge is -2.29. The molecule has 188 valence electrons. The van der Waals surface area contributed by atoms with Crippen LogP contribution in [0.1, 0.15) is 59.3 Å². The molecule has 1 saturated heterocycles. The van der Waals surface area contributed by atoms with Crippen molar-refractivity contribution in [1.82, 2.24) is 15.5 Å². The highest BCUT2D eigenvalue weighted by atomic mass is 32.2. The molecule has 0 aromatic rings. The van der Waals surface area contributed by atoms with Crippen molar-refractivity contribution in [3.63, 3.8) is 0 Å². The van der Waals surface area contributed by atoms with E-state index in [2.05, 4.69) is 34.1 Å². The third kappa shape index (κ3) is 10.2. The van der Waals surface area contributed by atoms with Gasteiger partial charge in [-0.05, 0) is 51.7 Å². The first-order valence-corrected chi connectivity index (χ1v) is 12.9. The van der Waals surface area contributed by atoms with Gasteiger partial charge in [-0.1, -0.05) is 6.92 Å². The number of esters is 1. The number of hydrogen-bond acceptors (Lipinski definition) is 8. The Bertz CT molecular complexity index is 700. The van der Waals surface area contributed by atoms with Gasteiger partial charge in [0, 0.05) is 24.8 Å². The number of carbonyl (C=O) groups is 5. The summed E-state index contributed by atoms with van der Waals surface area (Å²) in [4.78, 5) is 63.3. The van der Waals surface area contributed by atoms with Crippen LogP contribution >= 0.6 is 11.8 Å². The number of ether oxygens (including phenoxy) is 1. The molecule has 0 aliphatic carbocycles. The summed E-state index contributed by atoms with van der Waals surface area (Å²) in [5.41, 5.74) is 0. The van der Waals surface area contributed by atoms with E-state index in [0.717, 1.165) is 19.4 Å². The Hall–Kier alpha value is -1.94. The Morgan fingerprint density at radius 1 is 1.12 bits per heavy atom. The van der Waals surface area contributed by atoms with E-state index in [1.165, 1.54) is 7.11 Å². The molecule has 0 aromatic carbocycles. The zero-order valence-electron chi connectivity index (χ0n) is 20.5. The zero-order chi connectivity index (χ0) is 25.0. The molecule has 1 aliphatic heterocycles. The summed E-state index contributed by atoms with van der Waals surface area (Å²) in [6.07, 6.45) is 4.09. The minimum atomic E-state index is -0.642. The second-order valence-electron chi connectivity index (χ2n) is 8.74. The summed E-state index contributed by atoms with van der Waals surface area (Å²) < 4.78 is 4.49. The maximum Gasteiger partial charge on any atom is 0.305 e. The van der Waals surface area contributed by atoms with Gasteiger partial charge in [-0.15, -0.1) is 0 Å². The Morgan fingerprint density at radius 2 is 1.82 bits per heavy atom. The Morgan fingerprint density at radius 3 is 2.42 bits per heavy atom. The maximum atomic E-state index is 12.9. The molecule has 1 heterocycles. The van der Waals surface area contributed by atoms with E-state index >= 15 is 0 Å². The molecule has 1 rings (SSSR count). The van der Waals surface area contributed by atoms with Crippen LogP contribution in [0, 0.1) is 5.92 Å². The number of ketones is 2. The maximum absolute atomic E-state index is 12.9. The second-order valence-corrected chi connectivity index (χ2v) is 9.72. The number of Topliss-reactive ketones (excluding diaryl/α,β-unsaturated/α-hetero) is 2. The highest BCUT2D eigenvalue weighted by molar-refractivity contribution is 7.98. The zero-order valence-corrected chi connectivity index (χ0v) is 21.3. The third-order valence-electron chi connectivity index (χ3n) is 5.83. The van der Waals surface area contributed by atoms with Crippen LogP contribution in [0.3, 0.4) is 0 Å². The van der Waals surface area contributed by atoms with Gasteiger partial charge in [0.1, 0.15) is 0 Å². The molecular formula is C23H39N3O6S. The minimum Gasteiger partial charge on any atom is -0.469 e. The van der Waals surface area contributed by atoms with E-state index in [4.69, 9.17) is 0 Å². The van der Waals surface area contributed by atoms with Crippen molar-refractivity contribution >= 4 is 41.1 Å². The Kier molecular flexibility index (Phi) is 13.3. The van der Waals surface area contributed by atoms with Crippen molar-refractivity contribution in [2.75, 3.05) is 32.2 Å². The molecule has 0 bridgehead atoms. The molecule has 0 unspecified atom stereocenters. The van der Waals surface area contributed by atoms with Crippen molar-refractivity contribution in [3.8, 4) is 0 Å². The van der Waals surface area contributed by atoms with Gasteiger partial charge in [-0.2, -0.15) is 11.8 Å². The van der Waals surface area contributed by atoms with Crippen LogP contribution in [-0.4, -0.2) is 84.6 Å². The van der Waals surface area contributed by atoms with Gasteiger partial charge < -0.3 is 15.4 Å². The molecule has 3 atom stereocenters. The molecule has 10 heteroatoms.